The van der Waals surface area contributed by atoms with Gasteiger partial charge in [0.15, 0.2) is 9.84 Å². The third kappa shape index (κ3) is 4.05. The van der Waals surface area contributed by atoms with Crippen LogP contribution >= 0.6 is 0 Å². The molecule has 0 radical (unpaired) electrons. The lowest BCUT2D eigenvalue weighted by Gasteiger charge is -2.19. The van der Waals surface area contributed by atoms with Crippen molar-refractivity contribution in [1.82, 2.24) is 5.32 Å². The quantitative estimate of drug-likeness (QED) is 0.889. The van der Waals surface area contributed by atoms with Gasteiger partial charge in [0.1, 0.15) is 5.75 Å². The summed E-state index contributed by atoms with van der Waals surface area (Å²) in [5, 5.41) is 2.59. The molecule has 0 aromatic heterocycles. The second kappa shape index (κ2) is 6.91. The Hall–Kier alpha value is -1.56. The van der Waals surface area contributed by atoms with Crippen LogP contribution in [0.3, 0.4) is 0 Å². The number of hydrogen-bond acceptors (Lipinski definition) is 4. The largest absolute Gasteiger partial charge is 0.369 e. The highest BCUT2D eigenvalue weighted by Crippen LogP contribution is 2.25. The van der Waals surface area contributed by atoms with Crippen molar-refractivity contribution in [2.75, 3.05) is 23.7 Å². The first-order valence-electron chi connectivity index (χ1n) is 8.35. The zero-order valence-electron chi connectivity index (χ0n) is 13.3. The fourth-order valence-electron chi connectivity index (χ4n) is 3.57. The number of nitrogens with one attached hydrogen (secondary N) is 1. The van der Waals surface area contributed by atoms with E-state index in [-0.39, 0.29) is 23.0 Å². The number of amides is 1. The van der Waals surface area contributed by atoms with Gasteiger partial charge in [0.05, 0.1) is 5.25 Å². The maximum atomic E-state index is 12.2. The first-order valence-corrected chi connectivity index (χ1v) is 10.1. The van der Waals surface area contributed by atoms with Crippen molar-refractivity contribution in [3.8, 4) is 0 Å². The highest BCUT2D eigenvalue weighted by atomic mass is 32.2. The van der Waals surface area contributed by atoms with Crippen LogP contribution in [0.25, 0.3) is 0 Å². The van der Waals surface area contributed by atoms with Crippen LogP contribution in [-0.4, -0.2) is 44.5 Å². The molecule has 1 aliphatic heterocycles. The molecule has 1 amide bonds. The number of hydrogen-bond donors (Lipinski definition) is 1. The molecule has 1 atom stereocenters. The molecule has 23 heavy (non-hydrogen) atoms. The third-order valence-corrected chi connectivity index (χ3v) is 6.97. The fourth-order valence-corrected chi connectivity index (χ4v) is 5.30. The van der Waals surface area contributed by atoms with E-state index in [1.807, 2.05) is 18.2 Å². The van der Waals surface area contributed by atoms with Crippen molar-refractivity contribution in [3.63, 3.8) is 0 Å². The Morgan fingerprint density at radius 2 is 1.83 bits per heavy atom. The number of carbonyl (C=O) groups is 1. The molecule has 1 aliphatic carbocycles. The minimum Gasteiger partial charge on any atom is -0.369 e. The van der Waals surface area contributed by atoms with Gasteiger partial charge >= 0.3 is 0 Å². The summed E-state index contributed by atoms with van der Waals surface area (Å²) < 4.78 is 24.5. The number of rotatable bonds is 5. The lowest BCUT2D eigenvalue weighted by Crippen LogP contribution is -2.41. The number of anilines is 1. The van der Waals surface area contributed by atoms with Gasteiger partial charge in [-0.25, -0.2) is 8.42 Å². The molecule has 0 bridgehead atoms. The zero-order valence-corrected chi connectivity index (χ0v) is 14.1. The fraction of sp³-hybridized carbons (Fsp3) is 0.588. The minimum absolute atomic E-state index is 0.0292. The van der Waals surface area contributed by atoms with Gasteiger partial charge in [0.2, 0.25) is 5.91 Å². The predicted molar refractivity (Wildman–Crippen MR) is 91.2 cm³/mol. The van der Waals surface area contributed by atoms with Gasteiger partial charge in [-0.05, 0) is 31.4 Å². The Labute approximate surface area is 138 Å². The predicted octanol–water partition coefficient (Wildman–Crippen LogP) is 1.74. The molecule has 2 fully saturated rings. The molecule has 1 aromatic carbocycles. The van der Waals surface area contributed by atoms with Gasteiger partial charge in [-0.1, -0.05) is 31.0 Å². The molecule has 1 N–H and O–H groups in total. The molecule has 3 rings (SSSR count). The average molecular weight is 336 g/mol. The molecule has 126 valence electrons. The Kier molecular flexibility index (Phi) is 4.90. The maximum absolute atomic E-state index is 12.2. The van der Waals surface area contributed by atoms with E-state index in [2.05, 4.69) is 22.3 Å². The monoisotopic (exact) mass is 336 g/mol. The summed E-state index contributed by atoms with van der Waals surface area (Å²) >= 11 is 0. The molecule has 1 heterocycles. The van der Waals surface area contributed by atoms with Gasteiger partial charge in [-0.15, -0.1) is 0 Å². The molecular formula is C17H24N2O3S. The van der Waals surface area contributed by atoms with Crippen molar-refractivity contribution in [2.24, 2.45) is 0 Å². The molecule has 1 unspecified atom stereocenters. The molecular weight excluding hydrogens is 312 g/mol. The Balaban J connectivity index is 1.51. The number of nitrogens with zero attached hydrogens (tertiary/aromatic N) is 1. The van der Waals surface area contributed by atoms with Gasteiger partial charge in [0, 0.05) is 24.8 Å². The summed E-state index contributed by atoms with van der Waals surface area (Å²) in [4.78, 5) is 14.3. The summed E-state index contributed by atoms with van der Waals surface area (Å²) in [7, 11) is -3.29. The van der Waals surface area contributed by atoms with Crippen LogP contribution in [0.5, 0.6) is 0 Å². The lowest BCUT2D eigenvalue weighted by molar-refractivity contribution is -0.119. The van der Waals surface area contributed by atoms with Crippen molar-refractivity contribution in [2.45, 2.75) is 43.4 Å². The molecule has 5 nitrogen and oxygen atoms in total. The third-order valence-electron chi connectivity index (χ3n) is 4.82. The Morgan fingerprint density at radius 3 is 2.52 bits per heavy atom. The van der Waals surface area contributed by atoms with Crippen molar-refractivity contribution >= 4 is 21.4 Å². The van der Waals surface area contributed by atoms with Gasteiger partial charge in [0.25, 0.3) is 0 Å². The molecule has 6 heteroatoms. The standard InChI is InChI=1S/C17H24N2O3S/c20-17(13-23(21,22)16-8-4-5-9-16)18-14-10-11-19(12-14)15-6-2-1-3-7-15/h1-3,6-7,14,16H,4-5,8-13H2,(H,18,20). The van der Waals surface area contributed by atoms with E-state index in [1.54, 1.807) is 0 Å². The normalized spacial score (nSPS) is 22.4. The van der Waals surface area contributed by atoms with Crippen LogP contribution in [0, 0.1) is 0 Å². The topological polar surface area (TPSA) is 66.5 Å². The minimum atomic E-state index is -3.29. The van der Waals surface area contributed by atoms with Crippen LogP contribution in [-0.2, 0) is 14.6 Å². The van der Waals surface area contributed by atoms with Crippen LogP contribution in [0.4, 0.5) is 5.69 Å². The SMILES string of the molecule is O=C(CS(=O)(=O)C1CCCC1)NC1CCN(c2ccccc2)C1. The van der Waals surface area contributed by atoms with E-state index in [0.717, 1.165) is 38.0 Å². The van der Waals surface area contributed by atoms with Crippen LogP contribution < -0.4 is 10.2 Å². The zero-order chi connectivity index (χ0) is 16.3. The van der Waals surface area contributed by atoms with E-state index in [4.69, 9.17) is 0 Å². The van der Waals surface area contributed by atoms with E-state index >= 15 is 0 Å². The van der Waals surface area contributed by atoms with Crippen LogP contribution in [0.1, 0.15) is 32.1 Å². The Morgan fingerprint density at radius 1 is 1.13 bits per heavy atom. The highest BCUT2D eigenvalue weighted by Gasteiger charge is 2.32. The number of carbonyl (C=O) groups excluding carboxylic acids is 1. The molecule has 1 saturated carbocycles. The molecule has 2 aliphatic rings. The Bertz CT molecular complexity index is 639. The number of para-hydroxylation sites is 1. The average Bonchev–Trinajstić information content (AvgIpc) is 3.19. The molecule has 1 aromatic rings. The number of benzene rings is 1. The van der Waals surface area contributed by atoms with E-state index in [1.165, 1.54) is 0 Å². The summed E-state index contributed by atoms with van der Waals surface area (Å²) in [5.41, 5.74) is 1.14. The summed E-state index contributed by atoms with van der Waals surface area (Å²) in [6, 6.07) is 10.1. The first kappa shape index (κ1) is 16.3. The van der Waals surface area contributed by atoms with Crippen molar-refractivity contribution in [3.05, 3.63) is 30.3 Å². The smallest absolute Gasteiger partial charge is 0.235 e. The van der Waals surface area contributed by atoms with Crippen LogP contribution in [0.15, 0.2) is 30.3 Å². The molecule has 0 spiro atoms. The van der Waals surface area contributed by atoms with E-state index in [9.17, 15) is 13.2 Å². The number of sulfone groups is 1. The van der Waals surface area contributed by atoms with E-state index in [0.29, 0.717) is 12.8 Å². The van der Waals surface area contributed by atoms with Crippen molar-refractivity contribution < 1.29 is 13.2 Å². The second-order valence-corrected chi connectivity index (χ2v) is 8.83. The van der Waals surface area contributed by atoms with E-state index < -0.39 is 9.84 Å². The highest BCUT2D eigenvalue weighted by molar-refractivity contribution is 7.92. The first-order chi connectivity index (χ1) is 11.0. The van der Waals surface area contributed by atoms with Gasteiger partial charge in [-0.3, -0.25) is 4.79 Å². The van der Waals surface area contributed by atoms with Crippen molar-refractivity contribution in [1.29, 1.82) is 0 Å². The van der Waals surface area contributed by atoms with Gasteiger partial charge in [-0.2, -0.15) is 0 Å². The van der Waals surface area contributed by atoms with Gasteiger partial charge < -0.3 is 10.2 Å². The lowest BCUT2D eigenvalue weighted by atomic mass is 10.2. The summed E-state index contributed by atoms with van der Waals surface area (Å²) in [5.74, 6) is -0.712. The van der Waals surface area contributed by atoms with Crippen LogP contribution in [0.2, 0.25) is 0 Å². The summed E-state index contributed by atoms with van der Waals surface area (Å²) in [6.45, 7) is 1.61. The summed E-state index contributed by atoms with van der Waals surface area (Å²) in [6.07, 6.45) is 4.19. The molecule has 1 saturated heterocycles. The maximum Gasteiger partial charge on any atom is 0.235 e. The second-order valence-electron chi connectivity index (χ2n) is 6.55.